The Labute approximate surface area is 168 Å². The second-order valence-corrected chi connectivity index (χ2v) is 9.13. The lowest BCUT2D eigenvalue weighted by atomic mass is 9.96. The molecule has 0 saturated heterocycles. The summed E-state index contributed by atoms with van der Waals surface area (Å²) >= 11 is 0. The molecular weight excluding hydrogens is 374 g/mol. The van der Waals surface area contributed by atoms with Crippen molar-refractivity contribution in [2.75, 3.05) is 7.05 Å². The van der Waals surface area contributed by atoms with Crippen LogP contribution in [-0.2, 0) is 16.8 Å². The lowest BCUT2D eigenvalue weighted by molar-refractivity contribution is 0.281. The van der Waals surface area contributed by atoms with Gasteiger partial charge in [-0.3, -0.25) is 4.98 Å². The highest BCUT2D eigenvalue weighted by Gasteiger charge is 2.28. The molecule has 3 rings (SSSR count). The van der Waals surface area contributed by atoms with Gasteiger partial charge >= 0.3 is 0 Å². The Morgan fingerprint density at radius 1 is 1.18 bits per heavy atom. The van der Waals surface area contributed by atoms with Crippen LogP contribution in [0.25, 0.3) is 0 Å². The second-order valence-electron chi connectivity index (χ2n) is 7.37. The van der Waals surface area contributed by atoms with Crippen LogP contribution in [0.4, 0.5) is 0 Å². The third-order valence-electron chi connectivity index (χ3n) is 5.30. The second kappa shape index (κ2) is 9.49. The number of hydrogen-bond donors (Lipinski definition) is 1. The zero-order valence-corrected chi connectivity index (χ0v) is 17.4. The van der Waals surface area contributed by atoms with E-state index >= 15 is 0 Å². The van der Waals surface area contributed by atoms with Crippen molar-refractivity contribution in [2.24, 2.45) is 0 Å². The molecule has 1 saturated carbocycles. The van der Waals surface area contributed by atoms with Gasteiger partial charge in [0, 0.05) is 37.1 Å². The van der Waals surface area contributed by atoms with Gasteiger partial charge in [0.2, 0.25) is 0 Å². The fourth-order valence-corrected chi connectivity index (χ4v) is 4.87. The van der Waals surface area contributed by atoms with Gasteiger partial charge in [-0.2, -0.15) is 17.4 Å². The number of pyridine rings is 1. The molecule has 0 radical (unpaired) electrons. The fraction of sp³-hybridized carbons (Fsp3) is 0.476. The van der Waals surface area contributed by atoms with Gasteiger partial charge in [-0.25, -0.2) is 0 Å². The standard InChI is InChI=1S/C21H29N3O3S/c1-17(23-28(25,26)24(2)20-8-4-3-5-9-20)19-10-12-21(13-11-19)27-16-18-7-6-14-22-15-18/h6-7,10-15,17,20,23H,3-5,8-9,16H2,1-2H3. The smallest absolute Gasteiger partial charge is 0.279 e. The first-order valence-electron chi connectivity index (χ1n) is 9.82. The predicted molar refractivity (Wildman–Crippen MR) is 110 cm³/mol. The normalized spacial score (nSPS) is 16.8. The summed E-state index contributed by atoms with van der Waals surface area (Å²) < 4.78 is 35.5. The lowest BCUT2D eigenvalue weighted by Crippen LogP contribution is -2.45. The molecule has 1 aromatic carbocycles. The summed E-state index contributed by atoms with van der Waals surface area (Å²) in [6, 6.07) is 11.1. The molecule has 1 aromatic heterocycles. The van der Waals surface area contributed by atoms with Crippen molar-refractivity contribution >= 4 is 10.2 Å². The summed E-state index contributed by atoms with van der Waals surface area (Å²) in [6.07, 6.45) is 8.77. The topological polar surface area (TPSA) is 71.5 Å². The number of ether oxygens (including phenoxy) is 1. The van der Waals surface area contributed by atoms with Crippen molar-refractivity contribution in [3.63, 3.8) is 0 Å². The highest BCUT2D eigenvalue weighted by Crippen LogP contribution is 2.24. The summed E-state index contributed by atoms with van der Waals surface area (Å²) in [4.78, 5) is 4.07. The van der Waals surface area contributed by atoms with Crippen LogP contribution >= 0.6 is 0 Å². The summed E-state index contributed by atoms with van der Waals surface area (Å²) in [5.41, 5.74) is 1.90. The van der Waals surface area contributed by atoms with E-state index in [1.54, 1.807) is 19.4 Å². The van der Waals surface area contributed by atoms with Crippen LogP contribution in [0.1, 0.15) is 56.2 Å². The molecule has 1 atom stereocenters. The van der Waals surface area contributed by atoms with Crippen molar-refractivity contribution in [1.82, 2.24) is 14.0 Å². The number of rotatable bonds is 8. The van der Waals surface area contributed by atoms with Crippen LogP contribution in [0.15, 0.2) is 48.8 Å². The van der Waals surface area contributed by atoms with Gasteiger partial charge in [-0.05, 0) is 43.5 Å². The summed E-state index contributed by atoms with van der Waals surface area (Å²) in [5.74, 6) is 0.738. The van der Waals surface area contributed by atoms with Gasteiger partial charge in [0.05, 0.1) is 0 Å². The van der Waals surface area contributed by atoms with E-state index < -0.39 is 10.2 Å². The molecule has 2 aromatic rings. The van der Waals surface area contributed by atoms with Crippen molar-refractivity contribution in [3.8, 4) is 5.75 Å². The Morgan fingerprint density at radius 2 is 1.89 bits per heavy atom. The van der Waals surface area contributed by atoms with Crippen molar-refractivity contribution in [1.29, 1.82) is 0 Å². The van der Waals surface area contributed by atoms with Crippen LogP contribution < -0.4 is 9.46 Å². The van der Waals surface area contributed by atoms with Crippen molar-refractivity contribution in [2.45, 2.75) is 57.7 Å². The maximum atomic E-state index is 12.7. The largest absolute Gasteiger partial charge is 0.489 e. The van der Waals surface area contributed by atoms with Gasteiger partial charge in [0.1, 0.15) is 12.4 Å². The van der Waals surface area contributed by atoms with Gasteiger partial charge in [0.15, 0.2) is 0 Å². The predicted octanol–water partition coefficient (Wildman–Crippen LogP) is 3.82. The number of hydrogen-bond acceptors (Lipinski definition) is 4. The number of nitrogens with one attached hydrogen (secondary N) is 1. The Bertz CT molecular complexity index is 835. The van der Waals surface area contributed by atoms with E-state index in [0.29, 0.717) is 6.61 Å². The molecule has 28 heavy (non-hydrogen) atoms. The molecule has 1 aliphatic rings. The Balaban J connectivity index is 1.56. The highest BCUT2D eigenvalue weighted by molar-refractivity contribution is 7.87. The Hall–Kier alpha value is -1.96. The van der Waals surface area contributed by atoms with E-state index in [2.05, 4.69) is 9.71 Å². The lowest BCUT2D eigenvalue weighted by Gasteiger charge is -2.31. The molecule has 1 unspecified atom stereocenters. The average Bonchev–Trinajstić information content (AvgIpc) is 2.73. The van der Waals surface area contributed by atoms with Gasteiger partial charge in [0.25, 0.3) is 10.2 Å². The number of nitrogens with zero attached hydrogens (tertiary/aromatic N) is 2. The molecule has 1 N–H and O–H groups in total. The first-order valence-corrected chi connectivity index (χ1v) is 11.3. The molecule has 0 aliphatic heterocycles. The number of benzene rings is 1. The molecular formula is C21H29N3O3S. The van der Waals surface area contributed by atoms with Crippen molar-refractivity contribution in [3.05, 3.63) is 59.9 Å². The maximum Gasteiger partial charge on any atom is 0.279 e. The third kappa shape index (κ3) is 5.53. The maximum absolute atomic E-state index is 12.7. The summed E-state index contributed by atoms with van der Waals surface area (Å²) in [5, 5.41) is 0. The molecule has 6 nitrogen and oxygen atoms in total. The van der Waals surface area contributed by atoms with Crippen LogP contribution in [-0.4, -0.2) is 30.8 Å². The molecule has 1 fully saturated rings. The van der Waals surface area contributed by atoms with Crippen LogP contribution in [0, 0.1) is 0 Å². The highest BCUT2D eigenvalue weighted by atomic mass is 32.2. The van der Waals surface area contributed by atoms with E-state index in [0.717, 1.165) is 42.6 Å². The first kappa shape index (κ1) is 20.8. The van der Waals surface area contributed by atoms with Crippen molar-refractivity contribution < 1.29 is 13.2 Å². The molecule has 0 spiro atoms. The van der Waals surface area contributed by atoms with Gasteiger partial charge in [-0.15, -0.1) is 0 Å². The van der Waals surface area contributed by atoms with E-state index in [-0.39, 0.29) is 12.1 Å². The molecule has 1 heterocycles. The summed E-state index contributed by atoms with van der Waals surface area (Å²) in [7, 11) is -1.84. The first-order chi connectivity index (χ1) is 13.5. The molecule has 7 heteroatoms. The van der Waals surface area contributed by atoms with Crippen LogP contribution in [0.3, 0.4) is 0 Å². The van der Waals surface area contributed by atoms with Crippen LogP contribution in [0.5, 0.6) is 5.75 Å². The zero-order valence-electron chi connectivity index (χ0n) is 16.5. The van der Waals surface area contributed by atoms with E-state index in [9.17, 15) is 8.42 Å². The molecule has 0 bridgehead atoms. The van der Waals surface area contributed by atoms with E-state index in [1.165, 1.54) is 10.7 Å². The molecule has 152 valence electrons. The molecule has 0 amide bonds. The monoisotopic (exact) mass is 403 g/mol. The zero-order chi connectivity index (χ0) is 20.0. The van der Waals surface area contributed by atoms with Crippen LogP contribution in [0.2, 0.25) is 0 Å². The quantitative estimate of drug-likeness (QED) is 0.727. The minimum absolute atomic E-state index is 0.0988. The minimum Gasteiger partial charge on any atom is -0.489 e. The third-order valence-corrected chi connectivity index (χ3v) is 7.01. The molecule has 1 aliphatic carbocycles. The fourth-order valence-electron chi connectivity index (χ4n) is 3.52. The summed E-state index contributed by atoms with van der Waals surface area (Å²) in [6.45, 7) is 2.30. The minimum atomic E-state index is -3.52. The van der Waals surface area contributed by atoms with E-state index in [1.807, 2.05) is 43.3 Å². The average molecular weight is 404 g/mol. The Morgan fingerprint density at radius 3 is 2.54 bits per heavy atom. The number of aromatic nitrogens is 1. The SMILES string of the molecule is CC(NS(=O)(=O)N(C)C1CCCCC1)c1ccc(OCc2cccnc2)cc1. The Kier molecular flexibility index (Phi) is 7.04. The van der Waals surface area contributed by atoms with Gasteiger partial charge in [-0.1, -0.05) is 37.5 Å². The van der Waals surface area contributed by atoms with Gasteiger partial charge < -0.3 is 4.74 Å². The van der Waals surface area contributed by atoms with E-state index in [4.69, 9.17) is 4.74 Å².